The van der Waals surface area contributed by atoms with Crippen molar-refractivity contribution in [1.82, 2.24) is 0 Å². The first-order valence-corrected chi connectivity index (χ1v) is 25.2. The Morgan fingerprint density at radius 3 is 1.49 bits per heavy atom. The van der Waals surface area contributed by atoms with E-state index in [-0.39, 0.29) is 5.41 Å². The molecule has 2 nitrogen and oxygen atoms in total. The predicted molar refractivity (Wildman–Crippen MR) is 301 cm³/mol. The van der Waals surface area contributed by atoms with Crippen LogP contribution in [-0.2, 0) is 10.8 Å². The number of anilines is 6. The molecule has 72 heavy (non-hydrogen) atoms. The van der Waals surface area contributed by atoms with Gasteiger partial charge in [0, 0.05) is 28.0 Å². The van der Waals surface area contributed by atoms with E-state index < -0.39 is 5.41 Å². The van der Waals surface area contributed by atoms with E-state index in [9.17, 15) is 0 Å². The SMILES string of the molecule is CC1(C)c2cc(-c3cccc4c3-c3ccccc3C43c4ccccc4N(c4ccccc4)c4ccccc43)ccc2-c2ccc(N(c3ccc(-c4ccccc4)cc3)c3ccccc3-c3ccccc3)cc21. The van der Waals surface area contributed by atoms with Crippen LogP contribution < -0.4 is 9.80 Å². The molecule has 340 valence electrons. The van der Waals surface area contributed by atoms with Crippen molar-refractivity contribution in [2.45, 2.75) is 24.7 Å². The van der Waals surface area contributed by atoms with Crippen LogP contribution in [0.25, 0.3) is 55.6 Å². The third-order valence-electron chi connectivity index (χ3n) is 15.9. The van der Waals surface area contributed by atoms with Crippen molar-refractivity contribution in [3.05, 3.63) is 300 Å². The van der Waals surface area contributed by atoms with Crippen molar-refractivity contribution in [3.8, 4) is 55.6 Å². The number of hydrogen-bond donors (Lipinski definition) is 0. The normalized spacial score (nSPS) is 13.9. The summed E-state index contributed by atoms with van der Waals surface area (Å²) in [7, 11) is 0. The first kappa shape index (κ1) is 41.9. The van der Waals surface area contributed by atoms with Crippen molar-refractivity contribution in [3.63, 3.8) is 0 Å². The zero-order valence-corrected chi connectivity index (χ0v) is 40.3. The molecule has 14 rings (SSSR count). The quantitative estimate of drug-likeness (QED) is 0.157. The van der Waals surface area contributed by atoms with Crippen LogP contribution in [0.2, 0.25) is 0 Å². The minimum absolute atomic E-state index is 0.280. The van der Waals surface area contributed by atoms with Gasteiger partial charge in [0.15, 0.2) is 0 Å². The summed E-state index contributed by atoms with van der Waals surface area (Å²) in [5.41, 5.74) is 26.6. The molecule has 0 N–H and O–H groups in total. The fourth-order valence-electron chi connectivity index (χ4n) is 12.7. The van der Waals surface area contributed by atoms with Gasteiger partial charge in [0.05, 0.1) is 22.5 Å². The molecule has 11 aromatic rings. The van der Waals surface area contributed by atoms with E-state index in [1.165, 1.54) is 100 Å². The highest BCUT2D eigenvalue weighted by Gasteiger charge is 2.52. The third kappa shape index (κ3) is 6.15. The molecule has 1 heterocycles. The number of rotatable bonds is 7. The molecular weight excluding hydrogens is 869 g/mol. The van der Waals surface area contributed by atoms with Gasteiger partial charge >= 0.3 is 0 Å². The molecule has 0 fully saturated rings. The Hall–Kier alpha value is -8.98. The minimum Gasteiger partial charge on any atom is -0.310 e. The van der Waals surface area contributed by atoms with Crippen molar-refractivity contribution in [2.24, 2.45) is 0 Å². The molecule has 1 aliphatic heterocycles. The fourth-order valence-corrected chi connectivity index (χ4v) is 12.7. The summed E-state index contributed by atoms with van der Waals surface area (Å²) >= 11 is 0. The van der Waals surface area contributed by atoms with E-state index in [0.717, 1.165) is 22.7 Å². The van der Waals surface area contributed by atoms with E-state index in [4.69, 9.17) is 0 Å². The van der Waals surface area contributed by atoms with Crippen LogP contribution in [0.3, 0.4) is 0 Å². The zero-order valence-electron chi connectivity index (χ0n) is 40.3. The Morgan fingerprint density at radius 2 is 0.792 bits per heavy atom. The van der Waals surface area contributed by atoms with E-state index in [1.54, 1.807) is 0 Å². The maximum absolute atomic E-state index is 2.50. The molecule has 0 saturated carbocycles. The molecule has 0 atom stereocenters. The second-order valence-corrected chi connectivity index (χ2v) is 20.0. The van der Waals surface area contributed by atoms with Gasteiger partial charge in [-0.3, -0.25) is 0 Å². The number of fused-ring (bicyclic) bond motifs is 12. The summed E-state index contributed by atoms with van der Waals surface area (Å²) < 4.78 is 0. The van der Waals surface area contributed by atoms with E-state index >= 15 is 0 Å². The lowest BCUT2D eigenvalue weighted by Crippen LogP contribution is -2.36. The molecule has 1 spiro atoms. The van der Waals surface area contributed by atoms with Crippen LogP contribution >= 0.6 is 0 Å². The molecule has 2 heteroatoms. The topological polar surface area (TPSA) is 6.48 Å². The average molecular weight is 919 g/mol. The molecule has 11 aromatic carbocycles. The summed E-state index contributed by atoms with van der Waals surface area (Å²) in [6.07, 6.45) is 0. The Balaban J connectivity index is 0.906. The van der Waals surface area contributed by atoms with Gasteiger partial charge in [-0.25, -0.2) is 0 Å². The van der Waals surface area contributed by atoms with Crippen LogP contribution in [0.15, 0.2) is 267 Å². The highest BCUT2D eigenvalue weighted by Crippen LogP contribution is 2.65. The number of nitrogens with zero attached hydrogens (tertiary/aromatic N) is 2. The highest BCUT2D eigenvalue weighted by molar-refractivity contribution is 6.01. The predicted octanol–water partition coefficient (Wildman–Crippen LogP) is 18.6. The van der Waals surface area contributed by atoms with Gasteiger partial charge in [0.2, 0.25) is 0 Å². The van der Waals surface area contributed by atoms with Crippen LogP contribution in [-0.4, -0.2) is 0 Å². The maximum atomic E-state index is 2.50. The maximum Gasteiger partial charge on any atom is 0.0754 e. The molecule has 0 radical (unpaired) electrons. The summed E-state index contributed by atoms with van der Waals surface area (Å²) in [5, 5.41) is 0. The van der Waals surface area contributed by atoms with Gasteiger partial charge in [-0.2, -0.15) is 0 Å². The van der Waals surface area contributed by atoms with Gasteiger partial charge in [-0.05, 0) is 144 Å². The Bertz CT molecular complexity index is 3840. The van der Waals surface area contributed by atoms with E-state index in [1.807, 2.05) is 0 Å². The van der Waals surface area contributed by atoms with E-state index in [2.05, 4.69) is 291 Å². The largest absolute Gasteiger partial charge is 0.310 e. The van der Waals surface area contributed by atoms with Gasteiger partial charge in [-0.1, -0.05) is 220 Å². The standard InChI is InChI=1S/C70H50N2/c1-69(2)63-45-50(55-29-20-33-62-68(55)58-28-12-14-30-59(58)70(62)60-31-15-18-35-66(60)72(51-25-10-5-11-26-51)67-36-19-16-32-61(67)70)39-43-56(63)57-44-42-53(46-64(57)69)71(52-40-37-48(38-41-52)47-21-6-3-7-22-47)65-34-17-13-27-54(65)49-23-8-4-9-24-49/h3-46H,1-2H3. The van der Waals surface area contributed by atoms with Gasteiger partial charge in [0.25, 0.3) is 0 Å². The second kappa shape index (κ2) is 16.3. The molecule has 0 amide bonds. The lowest BCUT2D eigenvalue weighted by molar-refractivity contribution is 0.660. The summed E-state index contributed by atoms with van der Waals surface area (Å²) in [6.45, 7) is 4.83. The van der Waals surface area contributed by atoms with Crippen molar-refractivity contribution >= 4 is 34.1 Å². The molecule has 0 unspecified atom stereocenters. The minimum atomic E-state index is -0.518. The first-order valence-electron chi connectivity index (χ1n) is 25.2. The Kier molecular flexibility index (Phi) is 9.50. The lowest BCUT2D eigenvalue weighted by atomic mass is 9.64. The monoisotopic (exact) mass is 918 g/mol. The van der Waals surface area contributed by atoms with Crippen LogP contribution in [0, 0.1) is 0 Å². The highest BCUT2D eigenvalue weighted by atomic mass is 15.2. The molecule has 0 aromatic heterocycles. The first-order chi connectivity index (χ1) is 35.5. The van der Waals surface area contributed by atoms with Gasteiger partial charge < -0.3 is 9.80 Å². The Labute approximate surface area is 422 Å². The molecular formula is C70H50N2. The lowest BCUT2D eigenvalue weighted by Gasteiger charge is -2.45. The van der Waals surface area contributed by atoms with Crippen molar-refractivity contribution in [2.75, 3.05) is 9.80 Å². The number of para-hydroxylation sites is 4. The number of benzene rings is 11. The van der Waals surface area contributed by atoms with Crippen LogP contribution in [0.4, 0.5) is 34.1 Å². The van der Waals surface area contributed by atoms with Crippen LogP contribution in [0.5, 0.6) is 0 Å². The molecule has 0 bridgehead atoms. The summed E-state index contributed by atoms with van der Waals surface area (Å²) in [6, 6.07) is 98.9. The van der Waals surface area contributed by atoms with E-state index in [0.29, 0.717) is 0 Å². The van der Waals surface area contributed by atoms with Crippen molar-refractivity contribution < 1.29 is 0 Å². The zero-order chi connectivity index (χ0) is 48.0. The third-order valence-corrected chi connectivity index (χ3v) is 15.9. The smallest absolute Gasteiger partial charge is 0.0754 e. The molecule has 3 aliphatic rings. The van der Waals surface area contributed by atoms with Crippen molar-refractivity contribution in [1.29, 1.82) is 0 Å². The van der Waals surface area contributed by atoms with Crippen LogP contribution in [0.1, 0.15) is 47.2 Å². The molecule has 2 aliphatic carbocycles. The summed E-state index contributed by atoms with van der Waals surface area (Å²) in [4.78, 5) is 4.90. The summed E-state index contributed by atoms with van der Waals surface area (Å²) in [5.74, 6) is 0. The number of hydrogen-bond acceptors (Lipinski definition) is 2. The fraction of sp³-hybridized carbons (Fsp3) is 0.0571. The average Bonchev–Trinajstić information content (AvgIpc) is 3.87. The Morgan fingerprint density at radius 1 is 0.306 bits per heavy atom. The molecule has 0 saturated heterocycles. The second-order valence-electron chi connectivity index (χ2n) is 20.0. The van der Waals surface area contributed by atoms with Gasteiger partial charge in [-0.15, -0.1) is 0 Å². The van der Waals surface area contributed by atoms with Gasteiger partial charge in [0.1, 0.15) is 0 Å².